The number of amides is 2. The molecule has 1 aromatic heterocycles. The van der Waals surface area contributed by atoms with Crippen molar-refractivity contribution in [2.45, 2.75) is 38.8 Å². The van der Waals surface area contributed by atoms with Crippen molar-refractivity contribution in [3.8, 4) is 0 Å². The smallest absolute Gasteiger partial charge is 0.291 e. The summed E-state index contributed by atoms with van der Waals surface area (Å²) in [7, 11) is 0. The molecule has 2 amide bonds. The third kappa shape index (κ3) is 3.13. The van der Waals surface area contributed by atoms with Gasteiger partial charge in [-0.3, -0.25) is 14.4 Å². The molecule has 3 aromatic carbocycles. The summed E-state index contributed by atoms with van der Waals surface area (Å²) in [6.07, 6.45) is 1.42. The molecule has 3 heterocycles. The lowest BCUT2D eigenvalue weighted by Gasteiger charge is -2.34. The summed E-state index contributed by atoms with van der Waals surface area (Å²) in [5, 5.41) is 0.00546. The van der Waals surface area contributed by atoms with Gasteiger partial charge in [-0.25, -0.2) is 4.39 Å². The van der Waals surface area contributed by atoms with Crippen LogP contribution in [0.2, 0.25) is 0 Å². The van der Waals surface area contributed by atoms with Gasteiger partial charge in [0.25, 0.3) is 11.8 Å². The molecule has 186 valence electrons. The van der Waals surface area contributed by atoms with Crippen LogP contribution in [-0.4, -0.2) is 23.3 Å². The van der Waals surface area contributed by atoms with Crippen molar-refractivity contribution in [1.82, 2.24) is 4.90 Å². The standard InChI is InChI=1S/C30H25FN2O4/c1-3-4-15-33-28(35)27-25(26(34)21-16-20(31)13-14-24(21)37-27)30(33)22-11-7-8-12-23(22)32(29(30)36)17-19-10-6-5-9-18(19)2/h5-14,16H,3-4,15,17H2,1-2H3. The van der Waals surface area contributed by atoms with Crippen LogP contribution in [0.4, 0.5) is 10.1 Å². The number of anilines is 1. The maximum atomic E-state index is 14.6. The van der Waals surface area contributed by atoms with E-state index in [9.17, 15) is 18.8 Å². The van der Waals surface area contributed by atoms with Crippen molar-refractivity contribution < 1.29 is 18.4 Å². The fourth-order valence-electron chi connectivity index (χ4n) is 5.69. The van der Waals surface area contributed by atoms with Crippen LogP contribution in [0.25, 0.3) is 11.0 Å². The lowest BCUT2D eigenvalue weighted by Crippen LogP contribution is -2.53. The minimum absolute atomic E-state index is 0.00546. The van der Waals surface area contributed by atoms with E-state index in [4.69, 9.17) is 4.42 Å². The van der Waals surface area contributed by atoms with Gasteiger partial charge in [-0.2, -0.15) is 0 Å². The van der Waals surface area contributed by atoms with Crippen LogP contribution in [0.5, 0.6) is 0 Å². The molecular weight excluding hydrogens is 471 g/mol. The molecule has 1 spiro atoms. The monoisotopic (exact) mass is 496 g/mol. The van der Waals surface area contributed by atoms with Gasteiger partial charge in [-0.15, -0.1) is 0 Å². The molecule has 0 fully saturated rings. The highest BCUT2D eigenvalue weighted by Crippen LogP contribution is 2.53. The number of carbonyl (C=O) groups excluding carboxylic acids is 2. The average Bonchev–Trinajstić information content (AvgIpc) is 3.29. The summed E-state index contributed by atoms with van der Waals surface area (Å²) in [6, 6.07) is 18.7. The Morgan fingerprint density at radius 1 is 0.973 bits per heavy atom. The Hall–Kier alpha value is -4.26. The number of hydrogen-bond donors (Lipinski definition) is 0. The first kappa shape index (κ1) is 23.2. The Kier molecular flexibility index (Phi) is 5.26. The van der Waals surface area contributed by atoms with E-state index in [1.165, 1.54) is 17.0 Å². The Morgan fingerprint density at radius 2 is 1.73 bits per heavy atom. The Morgan fingerprint density at radius 3 is 2.51 bits per heavy atom. The van der Waals surface area contributed by atoms with Gasteiger partial charge in [0.05, 0.1) is 23.2 Å². The number of benzene rings is 3. The number of carbonyl (C=O) groups is 2. The molecule has 0 saturated carbocycles. The maximum Gasteiger partial charge on any atom is 0.291 e. The van der Waals surface area contributed by atoms with E-state index in [1.807, 2.05) is 50.2 Å². The summed E-state index contributed by atoms with van der Waals surface area (Å²) < 4.78 is 20.1. The van der Waals surface area contributed by atoms with Gasteiger partial charge in [0.1, 0.15) is 11.4 Å². The molecule has 0 saturated heterocycles. The lowest BCUT2D eigenvalue weighted by atomic mass is 9.84. The van der Waals surface area contributed by atoms with E-state index in [0.717, 1.165) is 23.6 Å². The highest BCUT2D eigenvalue weighted by atomic mass is 19.1. The van der Waals surface area contributed by atoms with E-state index in [0.29, 0.717) is 17.7 Å². The van der Waals surface area contributed by atoms with Crippen molar-refractivity contribution in [1.29, 1.82) is 0 Å². The van der Waals surface area contributed by atoms with Crippen molar-refractivity contribution >= 4 is 28.5 Å². The molecule has 6 nitrogen and oxygen atoms in total. The number of unbranched alkanes of at least 4 members (excludes halogenated alkanes) is 1. The summed E-state index contributed by atoms with van der Waals surface area (Å²) in [5.74, 6) is -1.64. The number of halogens is 1. The third-order valence-corrected chi connectivity index (χ3v) is 7.52. The second-order valence-corrected chi connectivity index (χ2v) is 9.63. The van der Waals surface area contributed by atoms with Gasteiger partial charge in [0.2, 0.25) is 5.76 Å². The second kappa shape index (κ2) is 8.40. The number of aryl methyl sites for hydroxylation is 1. The van der Waals surface area contributed by atoms with Crippen LogP contribution in [0.3, 0.4) is 0 Å². The van der Waals surface area contributed by atoms with Gasteiger partial charge in [0.15, 0.2) is 11.0 Å². The molecule has 0 N–H and O–H groups in total. The number of fused-ring (bicyclic) bond motifs is 5. The van der Waals surface area contributed by atoms with Gasteiger partial charge in [0, 0.05) is 12.1 Å². The molecule has 1 unspecified atom stereocenters. The Balaban J connectivity index is 1.66. The Labute approximate surface area is 212 Å². The number of para-hydroxylation sites is 1. The molecule has 0 radical (unpaired) electrons. The quantitative estimate of drug-likeness (QED) is 0.377. The largest absolute Gasteiger partial charge is 0.450 e. The van der Waals surface area contributed by atoms with Crippen molar-refractivity contribution in [3.05, 3.63) is 111 Å². The van der Waals surface area contributed by atoms with Gasteiger partial charge >= 0.3 is 0 Å². The minimum Gasteiger partial charge on any atom is -0.450 e. The summed E-state index contributed by atoms with van der Waals surface area (Å²) >= 11 is 0. The van der Waals surface area contributed by atoms with Crippen LogP contribution in [0.1, 0.15) is 52.6 Å². The number of rotatable bonds is 5. The molecule has 4 aromatic rings. The van der Waals surface area contributed by atoms with Crippen molar-refractivity contribution in [2.75, 3.05) is 11.4 Å². The zero-order valence-corrected chi connectivity index (χ0v) is 20.6. The predicted octanol–water partition coefficient (Wildman–Crippen LogP) is 5.29. The summed E-state index contributed by atoms with van der Waals surface area (Å²) in [6.45, 7) is 4.52. The molecule has 6 rings (SSSR count). The van der Waals surface area contributed by atoms with Crippen LogP contribution in [0.15, 0.2) is 75.9 Å². The van der Waals surface area contributed by atoms with Crippen LogP contribution in [-0.2, 0) is 16.9 Å². The molecular formula is C30H25FN2O4. The first-order valence-corrected chi connectivity index (χ1v) is 12.4. The molecule has 2 aliphatic rings. The van der Waals surface area contributed by atoms with Crippen LogP contribution in [0, 0.1) is 12.7 Å². The van der Waals surface area contributed by atoms with E-state index in [1.54, 1.807) is 17.0 Å². The van der Waals surface area contributed by atoms with E-state index in [-0.39, 0.29) is 41.3 Å². The molecule has 0 bridgehead atoms. The predicted molar refractivity (Wildman–Crippen MR) is 138 cm³/mol. The topological polar surface area (TPSA) is 70.8 Å². The zero-order chi connectivity index (χ0) is 25.9. The zero-order valence-electron chi connectivity index (χ0n) is 20.6. The molecule has 37 heavy (non-hydrogen) atoms. The Bertz CT molecular complexity index is 1660. The SMILES string of the molecule is CCCCN1C(=O)c2oc3ccc(F)cc3c(=O)c2C12C(=O)N(Cc1ccccc1C)c1ccccc12. The number of hydrogen-bond acceptors (Lipinski definition) is 4. The summed E-state index contributed by atoms with van der Waals surface area (Å²) in [4.78, 5) is 45.6. The highest BCUT2D eigenvalue weighted by molar-refractivity contribution is 6.17. The number of nitrogens with zero attached hydrogens (tertiary/aromatic N) is 2. The third-order valence-electron chi connectivity index (χ3n) is 7.52. The summed E-state index contributed by atoms with van der Waals surface area (Å²) in [5.41, 5.74) is 1.01. The van der Waals surface area contributed by atoms with Gasteiger partial charge in [-0.1, -0.05) is 55.8 Å². The van der Waals surface area contributed by atoms with Crippen LogP contribution >= 0.6 is 0 Å². The first-order valence-electron chi connectivity index (χ1n) is 12.4. The molecule has 1 atom stereocenters. The van der Waals surface area contributed by atoms with Crippen LogP contribution < -0.4 is 10.3 Å². The van der Waals surface area contributed by atoms with Gasteiger partial charge < -0.3 is 14.2 Å². The minimum atomic E-state index is -1.68. The molecule has 7 heteroatoms. The van der Waals surface area contributed by atoms with Crippen molar-refractivity contribution in [3.63, 3.8) is 0 Å². The first-order chi connectivity index (χ1) is 17.9. The van der Waals surface area contributed by atoms with E-state index < -0.39 is 22.7 Å². The van der Waals surface area contributed by atoms with Crippen molar-refractivity contribution in [2.24, 2.45) is 0 Å². The second-order valence-electron chi connectivity index (χ2n) is 9.63. The fourth-order valence-corrected chi connectivity index (χ4v) is 5.69. The molecule has 2 aliphatic heterocycles. The normalized spacial score (nSPS) is 18.2. The molecule has 0 aliphatic carbocycles. The average molecular weight is 497 g/mol. The highest BCUT2D eigenvalue weighted by Gasteiger charge is 2.64. The maximum absolute atomic E-state index is 14.6. The lowest BCUT2D eigenvalue weighted by molar-refractivity contribution is -0.126. The fraction of sp³-hybridized carbons (Fsp3) is 0.233. The van der Waals surface area contributed by atoms with E-state index in [2.05, 4.69) is 0 Å². The van der Waals surface area contributed by atoms with E-state index >= 15 is 0 Å². The van der Waals surface area contributed by atoms with Gasteiger partial charge in [-0.05, 0) is 48.7 Å².